The second-order valence-corrected chi connectivity index (χ2v) is 5.42. The van der Waals surface area contributed by atoms with Gasteiger partial charge in [0.2, 0.25) is 0 Å². The molecule has 0 saturated heterocycles. The molecular weight excluding hydrogens is 284 g/mol. The van der Waals surface area contributed by atoms with Gasteiger partial charge in [-0.25, -0.2) is 0 Å². The van der Waals surface area contributed by atoms with E-state index in [0.717, 1.165) is 23.5 Å². The molecule has 23 heavy (non-hydrogen) atoms. The van der Waals surface area contributed by atoms with Crippen LogP contribution >= 0.6 is 0 Å². The minimum absolute atomic E-state index is 0.810. The summed E-state index contributed by atoms with van der Waals surface area (Å²) in [5.74, 6) is 1.67. The molecule has 0 saturated carbocycles. The van der Waals surface area contributed by atoms with Gasteiger partial charge in [0.05, 0.1) is 14.2 Å². The Morgan fingerprint density at radius 2 is 1.39 bits per heavy atom. The molecule has 0 radical (unpaired) electrons. The van der Waals surface area contributed by atoms with Crippen molar-refractivity contribution in [3.63, 3.8) is 0 Å². The second-order valence-electron chi connectivity index (χ2n) is 5.42. The molecule has 0 bridgehead atoms. The highest BCUT2D eigenvalue weighted by molar-refractivity contribution is 5.63. The lowest BCUT2D eigenvalue weighted by Gasteiger charge is -2.11. The van der Waals surface area contributed by atoms with E-state index in [9.17, 15) is 0 Å². The van der Waals surface area contributed by atoms with Crippen molar-refractivity contribution in [1.82, 2.24) is 0 Å². The summed E-state index contributed by atoms with van der Waals surface area (Å²) in [7, 11) is 3.35. The number of hydrogen-bond acceptors (Lipinski definition) is 2. The fraction of sp³-hybridized carbons (Fsp3) is 0.143. The van der Waals surface area contributed by atoms with E-state index in [1.54, 1.807) is 14.2 Å². The van der Waals surface area contributed by atoms with Crippen LogP contribution in [0.2, 0.25) is 0 Å². The van der Waals surface area contributed by atoms with Crippen LogP contribution in [0.25, 0.3) is 11.1 Å². The van der Waals surface area contributed by atoms with Crippen molar-refractivity contribution in [3.05, 3.63) is 83.9 Å². The highest BCUT2D eigenvalue weighted by atomic mass is 16.5. The van der Waals surface area contributed by atoms with Crippen molar-refractivity contribution in [1.29, 1.82) is 0 Å². The maximum Gasteiger partial charge on any atom is 0.126 e. The Kier molecular flexibility index (Phi) is 4.62. The summed E-state index contributed by atoms with van der Waals surface area (Å²) < 4.78 is 10.7. The van der Waals surface area contributed by atoms with E-state index in [0.29, 0.717) is 0 Å². The van der Waals surface area contributed by atoms with Crippen LogP contribution in [0.1, 0.15) is 11.1 Å². The predicted molar refractivity (Wildman–Crippen MR) is 94.2 cm³/mol. The fourth-order valence-electron chi connectivity index (χ4n) is 2.66. The lowest BCUT2D eigenvalue weighted by Crippen LogP contribution is -1.95. The van der Waals surface area contributed by atoms with Gasteiger partial charge >= 0.3 is 0 Å². The zero-order chi connectivity index (χ0) is 16.1. The first-order valence-electron chi connectivity index (χ1n) is 7.65. The highest BCUT2D eigenvalue weighted by Crippen LogP contribution is 2.27. The van der Waals surface area contributed by atoms with Crippen molar-refractivity contribution in [2.24, 2.45) is 0 Å². The second kappa shape index (κ2) is 7.01. The molecule has 0 atom stereocenters. The summed E-state index contributed by atoms with van der Waals surface area (Å²) in [6.07, 6.45) is 0.836. The number of methoxy groups -OCH3 is 2. The Hall–Kier alpha value is -2.74. The Balaban J connectivity index is 1.81. The largest absolute Gasteiger partial charge is 0.497 e. The van der Waals surface area contributed by atoms with Gasteiger partial charge in [0.25, 0.3) is 0 Å². The molecule has 116 valence electrons. The van der Waals surface area contributed by atoms with E-state index in [-0.39, 0.29) is 0 Å². The molecule has 2 heteroatoms. The Morgan fingerprint density at radius 1 is 0.696 bits per heavy atom. The number of ether oxygens (including phenoxy) is 2. The standard InChI is InChI=1S/C21H20O2/c1-22-20-13-12-19(21(15-20)23-2)14-16-8-10-18(11-9-16)17-6-4-3-5-7-17/h3-13,15H,14H2,1-2H3. The van der Waals surface area contributed by atoms with Crippen molar-refractivity contribution < 1.29 is 9.47 Å². The average Bonchev–Trinajstić information content (AvgIpc) is 2.63. The van der Waals surface area contributed by atoms with Gasteiger partial charge in [-0.2, -0.15) is 0 Å². The van der Waals surface area contributed by atoms with Crippen LogP contribution in [0, 0.1) is 0 Å². The van der Waals surface area contributed by atoms with Crippen LogP contribution in [0.5, 0.6) is 11.5 Å². The van der Waals surface area contributed by atoms with Crippen LogP contribution in [-0.4, -0.2) is 14.2 Å². The molecule has 0 aromatic heterocycles. The Labute approximate surface area is 137 Å². The van der Waals surface area contributed by atoms with Crippen LogP contribution in [-0.2, 0) is 6.42 Å². The van der Waals surface area contributed by atoms with E-state index in [1.165, 1.54) is 16.7 Å². The van der Waals surface area contributed by atoms with Crippen molar-refractivity contribution >= 4 is 0 Å². The molecule has 0 amide bonds. The van der Waals surface area contributed by atoms with E-state index >= 15 is 0 Å². The lowest BCUT2D eigenvalue weighted by molar-refractivity contribution is 0.391. The van der Waals surface area contributed by atoms with E-state index in [4.69, 9.17) is 9.47 Å². The molecule has 3 aromatic rings. The molecule has 0 N–H and O–H groups in total. The van der Waals surface area contributed by atoms with Gasteiger partial charge in [0, 0.05) is 12.5 Å². The molecule has 0 fully saturated rings. The van der Waals surface area contributed by atoms with E-state index in [2.05, 4.69) is 54.6 Å². The quantitative estimate of drug-likeness (QED) is 0.663. The summed E-state index contributed by atoms with van der Waals surface area (Å²) in [6.45, 7) is 0. The van der Waals surface area contributed by atoms with E-state index < -0.39 is 0 Å². The summed E-state index contributed by atoms with van der Waals surface area (Å²) in [6, 6.07) is 25.0. The Bertz CT molecular complexity index is 762. The van der Waals surface area contributed by atoms with E-state index in [1.807, 2.05) is 18.2 Å². The minimum Gasteiger partial charge on any atom is -0.497 e. The van der Waals surface area contributed by atoms with Gasteiger partial charge in [0.15, 0.2) is 0 Å². The average molecular weight is 304 g/mol. The molecular formula is C21H20O2. The topological polar surface area (TPSA) is 18.5 Å². The van der Waals surface area contributed by atoms with Gasteiger partial charge in [-0.3, -0.25) is 0 Å². The van der Waals surface area contributed by atoms with Crippen LogP contribution < -0.4 is 9.47 Å². The number of rotatable bonds is 5. The third-order valence-corrected chi connectivity index (χ3v) is 3.95. The molecule has 0 aliphatic carbocycles. The minimum atomic E-state index is 0.810. The maximum atomic E-state index is 5.47. The number of hydrogen-bond donors (Lipinski definition) is 0. The van der Waals surface area contributed by atoms with Crippen molar-refractivity contribution in [2.45, 2.75) is 6.42 Å². The van der Waals surface area contributed by atoms with Crippen molar-refractivity contribution in [2.75, 3.05) is 14.2 Å². The van der Waals surface area contributed by atoms with Gasteiger partial charge < -0.3 is 9.47 Å². The molecule has 2 nitrogen and oxygen atoms in total. The zero-order valence-corrected chi connectivity index (χ0v) is 13.5. The van der Waals surface area contributed by atoms with Gasteiger partial charge in [0.1, 0.15) is 11.5 Å². The molecule has 0 unspecified atom stereocenters. The highest BCUT2D eigenvalue weighted by Gasteiger charge is 2.06. The molecule has 0 heterocycles. The summed E-state index contributed by atoms with van der Waals surface area (Å²) in [5.41, 5.74) is 4.88. The first kappa shape index (κ1) is 15.2. The smallest absolute Gasteiger partial charge is 0.126 e. The third kappa shape index (κ3) is 3.54. The maximum absolute atomic E-state index is 5.47. The van der Waals surface area contributed by atoms with Crippen LogP contribution in [0.4, 0.5) is 0 Å². The molecule has 0 aliphatic rings. The normalized spacial score (nSPS) is 10.3. The summed E-state index contributed by atoms with van der Waals surface area (Å²) in [5, 5.41) is 0. The molecule has 0 spiro atoms. The lowest BCUT2D eigenvalue weighted by atomic mass is 10.00. The Morgan fingerprint density at radius 3 is 2.04 bits per heavy atom. The monoisotopic (exact) mass is 304 g/mol. The zero-order valence-electron chi connectivity index (χ0n) is 13.5. The van der Waals surface area contributed by atoms with Crippen LogP contribution in [0.3, 0.4) is 0 Å². The first-order valence-corrected chi connectivity index (χ1v) is 7.65. The van der Waals surface area contributed by atoms with Crippen molar-refractivity contribution in [3.8, 4) is 22.6 Å². The van der Waals surface area contributed by atoms with Gasteiger partial charge in [-0.1, -0.05) is 60.7 Å². The predicted octanol–water partition coefficient (Wildman–Crippen LogP) is 4.96. The molecule has 3 rings (SSSR count). The van der Waals surface area contributed by atoms with Crippen LogP contribution in [0.15, 0.2) is 72.8 Å². The fourth-order valence-corrected chi connectivity index (χ4v) is 2.66. The number of benzene rings is 3. The van der Waals surface area contributed by atoms with Gasteiger partial charge in [-0.05, 0) is 28.3 Å². The van der Waals surface area contributed by atoms with Gasteiger partial charge in [-0.15, -0.1) is 0 Å². The molecule has 3 aromatic carbocycles. The summed E-state index contributed by atoms with van der Waals surface area (Å²) >= 11 is 0. The third-order valence-electron chi connectivity index (χ3n) is 3.95. The summed E-state index contributed by atoms with van der Waals surface area (Å²) in [4.78, 5) is 0. The SMILES string of the molecule is COc1ccc(Cc2ccc(-c3ccccc3)cc2)c(OC)c1. The first-order chi connectivity index (χ1) is 11.3. The molecule has 0 aliphatic heterocycles.